The number of nitrogens with two attached hydrogens (primary N) is 1. The molecule has 4 aromatic rings. The summed E-state index contributed by atoms with van der Waals surface area (Å²) in [6.07, 6.45) is 6.96. The Labute approximate surface area is 193 Å². The van der Waals surface area contributed by atoms with Gasteiger partial charge in [0.2, 0.25) is 0 Å². The van der Waals surface area contributed by atoms with Gasteiger partial charge in [-0.05, 0) is 54.6 Å². The molecule has 4 rings (SSSR count). The van der Waals surface area contributed by atoms with E-state index in [2.05, 4.69) is 42.5 Å². The summed E-state index contributed by atoms with van der Waals surface area (Å²) in [5.41, 5.74) is 9.17. The van der Waals surface area contributed by atoms with Gasteiger partial charge in [0.1, 0.15) is 17.9 Å². The third kappa shape index (κ3) is 4.96. The molecule has 0 saturated carbocycles. The number of fused-ring (bicyclic) bond motifs is 1. The van der Waals surface area contributed by atoms with Crippen LogP contribution >= 0.6 is 15.9 Å². The summed E-state index contributed by atoms with van der Waals surface area (Å²) in [6, 6.07) is 18.0. The standard InChI is InChI=1S/C24H18BrN5O2/c1-2-15-4-3-5-17(10-15)29-24-19-12-18(7-9-21(19)27-14-28-24)32-13-23(31)30-22-11-16(25)6-8-20(22)26/h1,3-12,14H,13,26H2,(H,30,31)(H,27,28,29). The molecule has 0 spiro atoms. The largest absolute Gasteiger partial charge is 0.484 e. The van der Waals surface area contributed by atoms with Crippen molar-refractivity contribution in [1.29, 1.82) is 0 Å². The summed E-state index contributed by atoms with van der Waals surface area (Å²) in [7, 11) is 0. The van der Waals surface area contributed by atoms with Crippen LogP contribution in [0.2, 0.25) is 0 Å². The van der Waals surface area contributed by atoms with E-state index in [1.807, 2.05) is 24.3 Å². The van der Waals surface area contributed by atoms with Gasteiger partial charge in [-0.25, -0.2) is 9.97 Å². The van der Waals surface area contributed by atoms with E-state index in [1.54, 1.807) is 36.4 Å². The zero-order chi connectivity index (χ0) is 22.5. The molecule has 0 aliphatic heterocycles. The molecule has 0 radical (unpaired) electrons. The summed E-state index contributed by atoms with van der Waals surface area (Å²) < 4.78 is 6.50. The second-order valence-corrected chi connectivity index (χ2v) is 7.74. The van der Waals surface area contributed by atoms with Crippen molar-refractivity contribution in [2.75, 3.05) is 23.0 Å². The Hall–Kier alpha value is -4.09. The van der Waals surface area contributed by atoms with Crippen LogP contribution < -0.4 is 21.1 Å². The lowest BCUT2D eigenvalue weighted by molar-refractivity contribution is -0.118. The average molecular weight is 488 g/mol. The number of anilines is 4. The lowest BCUT2D eigenvalue weighted by Crippen LogP contribution is -2.20. The number of benzene rings is 3. The van der Waals surface area contributed by atoms with Gasteiger partial charge in [0, 0.05) is 21.1 Å². The lowest BCUT2D eigenvalue weighted by atomic mass is 10.2. The highest BCUT2D eigenvalue weighted by molar-refractivity contribution is 9.10. The monoisotopic (exact) mass is 487 g/mol. The van der Waals surface area contributed by atoms with Crippen molar-refractivity contribution in [3.05, 3.63) is 77.0 Å². The van der Waals surface area contributed by atoms with Crippen LogP contribution in [0.4, 0.5) is 22.9 Å². The minimum atomic E-state index is -0.330. The summed E-state index contributed by atoms with van der Waals surface area (Å²) in [4.78, 5) is 21.0. The molecule has 0 saturated heterocycles. The highest BCUT2D eigenvalue weighted by Gasteiger charge is 2.10. The Morgan fingerprint density at radius 3 is 2.84 bits per heavy atom. The second kappa shape index (κ2) is 9.37. The maximum atomic E-state index is 12.3. The number of carbonyl (C=O) groups is 1. The minimum absolute atomic E-state index is 0.182. The van der Waals surface area contributed by atoms with Crippen molar-refractivity contribution in [2.45, 2.75) is 0 Å². The van der Waals surface area contributed by atoms with E-state index in [1.165, 1.54) is 6.33 Å². The third-order valence-corrected chi connectivity index (χ3v) is 5.05. The number of hydrogen-bond acceptors (Lipinski definition) is 6. The Balaban J connectivity index is 1.50. The average Bonchev–Trinajstić information content (AvgIpc) is 2.80. The Morgan fingerprint density at radius 1 is 1.12 bits per heavy atom. The highest BCUT2D eigenvalue weighted by atomic mass is 79.9. The topological polar surface area (TPSA) is 102 Å². The molecule has 7 nitrogen and oxygen atoms in total. The molecule has 0 atom stereocenters. The zero-order valence-corrected chi connectivity index (χ0v) is 18.4. The van der Waals surface area contributed by atoms with E-state index in [9.17, 15) is 4.79 Å². The second-order valence-electron chi connectivity index (χ2n) is 6.82. The molecule has 0 unspecified atom stereocenters. The first-order chi connectivity index (χ1) is 15.5. The normalized spacial score (nSPS) is 10.4. The fourth-order valence-electron chi connectivity index (χ4n) is 3.02. The van der Waals surface area contributed by atoms with Crippen LogP contribution in [0, 0.1) is 12.3 Å². The van der Waals surface area contributed by atoms with Gasteiger partial charge in [0.05, 0.1) is 16.9 Å². The number of nitrogen functional groups attached to an aromatic ring is 1. The number of halogens is 1. The highest BCUT2D eigenvalue weighted by Crippen LogP contribution is 2.27. The number of nitrogens with zero attached hydrogens (tertiary/aromatic N) is 2. The summed E-state index contributed by atoms with van der Waals surface area (Å²) in [5.74, 6) is 3.38. The predicted molar refractivity (Wildman–Crippen MR) is 130 cm³/mol. The molecule has 0 fully saturated rings. The fourth-order valence-corrected chi connectivity index (χ4v) is 3.38. The van der Waals surface area contributed by atoms with Crippen LogP contribution in [0.1, 0.15) is 5.56 Å². The smallest absolute Gasteiger partial charge is 0.262 e. The van der Waals surface area contributed by atoms with Gasteiger partial charge in [-0.2, -0.15) is 0 Å². The number of ether oxygens (including phenoxy) is 1. The number of rotatable bonds is 6. The quantitative estimate of drug-likeness (QED) is 0.268. The van der Waals surface area contributed by atoms with Crippen molar-refractivity contribution >= 4 is 55.6 Å². The van der Waals surface area contributed by atoms with Gasteiger partial charge in [-0.1, -0.05) is 27.9 Å². The number of terminal acetylenes is 1. The lowest BCUT2D eigenvalue weighted by Gasteiger charge is -2.12. The molecule has 0 aliphatic rings. The molecule has 4 N–H and O–H groups in total. The van der Waals surface area contributed by atoms with Crippen LogP contribution in [0.25, 0.3) is 10.9 Å². The number of carbonyl (C=O) groups excluding carboxylic acids is 1. The van der Waals surface area contributed by atoms with E-state index in [0.29, 0.717) is 22.9 Å². The molecule has 0 aliphatic carbocycles. The van der Waals surface area contributed by atoms with Crippen LogP contribution in [-0.4, -0.2) is 22.5 Å². The predicted octanol–water partition coefficient (Wildman–Crippen LogP) is 4.72. The van der Waals surface area contributed by atoms with Crippen molar-refractivity contribution in [2.24, 2.45) is 0 Å². The summed E-state index contributed by atoms with van der Waals surface area (Å²) in [6.45, 7) is -0.182. The number of aromatic nitrogens is 2. The first-order valence-electron chi connectivity index (χ1n) is 9.58. The SMILES string of the molecule is C#Cc1cccc(Nc2ncnc3ccc(OCC(=O)Nc4cc(Br)ccc4N)cc23)c1. The van der Waals surface area contributed by atoms with Gasteiger partial charge in [-0.3, -0.25) is 4.79 Å². The van der Waals surface area contributed by atoms with Gasteiger partial charge >= 0.3 is 0 Å². The molecule has 0 bridgehead atoms. The minimum Gasteiger partial charge on any atom is -0.484 e. The van der Waals surface area contributed by atoms with Gasteiger partial charge in [0.25, 0.3) is 5.91 Å². The fraction of sp³-hybridized carbons (Fsp3) is 0.0417. The maximum Gasteiger partial charge on any atom is 0.262 e. The maximum absolute atomic E-state index is 12.3. The molecule has 3 aromatic carbocycles. The number of nitrogens with one attached hydrogen (secondary N) is 2. The summed E-state index contributed by atoms with van der Waals surface area (Å²) in [5, 5.41) is 6.74. The van der Waals surface area contributed by atoms with E-state index in [0.717, 1.165) is 26.6 Å². The molecular formula is C24H18BrN5O2. The van der Waals surface area contributed by atoms with Gasteiger partial charge in [0.15, 0.2) is 6.61 Å². The van der Waals surface area contributed by atoms with E-state index in [4.69, 9.17) is 16.9 Å². The molecule has 158 valence electrons. The molecule has 1 amide bonds. The van der Waals surface area contributed by atoms with E-state index < -0.39 is 0 Å². The molecule has 1 aromatic heterocycles. The molecule has 8 heteroatoms. The van der Waals surface area contributed by atoms with Gasteiger partial charge < -0.3 is 21.1 Å². The third-order valence-electron chi connectivity index (χ3n) is 4.56. The molecular weight excluding hydrogens is 470 g/mol. The van der Waals surface area contributed by atoms with Crippen molar-refractivity contribution in [3.63, 3.8) is 0 Å². The first kappa shape index (κ1) is 21.2. The van der Waals surface area contributed by atoms with Crippen LogP contribution in [-0.2, 0) is 4.79 Å². The van der Waals surface area contributed by atoms with Crippen molar-refractivity contribution < 1.29 is 9.53 Å². The number of hydrogen-bond donors (Lipinski definition) is 3. The number of amides is 1. The zero-order valence-electron chi connectivity index (χ0n) is 16.8. The Bertz CT molecular complexity index is 1350. The van der Waals surface area contributed by atoms with Crippen LogP contribution in [0.3, 0.4) is 0 Å². The van der Waals surface area contributed by atoms with Crippen molar-refractivity contribution in [1.82, 2.24) is 9.97 Å². The molecule has 1 heterocycles. The van der Waals surface area contributed by atoms with Crippen LogP contribution in [0.15, 0.2) is 71.5 Å². The van der Waals surface area contributed by atoms with Gasteiger partial charge in [-0.15, -0.1) is 6.42 Å². The van der Waals surface area contributed by atoms with E-state index in [-0.39, 0.29) is 12.5 Å². The summed E-state index contributed by atoms with van der Waals surface area (Å²) >= 11 is 3.36. The Morgan fingerprint density at radius 2 is 2.00 bits per heavy atom. The van der Waals surface area contributed by atoms with E-state index >= 15 is 0 Å². The Kier molecular flexibility index (Phi) is 6.19. The first-order valence-corrected chi connectivity index (χ1v) is 10.4. The van der Waals surface area contributed by atoms with Crippen LogP contribution in [0.5, 0.6) is 5.75 Å². The van der Waals surface area contributed by atoms with Crippen molar-refractivity contribution in [3.8, 4) is 18.1 Å². The molecule has 32 heavy (non-hydrogen) atoms.